The van der Waals surface area contributed by atoms with Gasteiger partial charge in [0.1, 0.15) is 0 Å². The summed E-state index contributed by atoms with van der Waals surface area (Å²) in [4.78, 5) is 0. The van der Waals surface area contributed by atoms with E-state index in [1.807, 2.05) is 0 Å². The van der Waals surface area contributed by atoms with E-state index in [1.54, 1.807) is 0 Å². The number of nitrogens with one attached hydrogen (secondary N) is 1. The molecule has 1 aromatic carbocycles. The standard InChI is InChI=1S/C13H18FN/c14-7-4-8-15-10-12-9-13(12)11-5-2-1-3-6-11/h1-3,5-6,12-13,15H,4,7-10H2. The van der Waals surface area contributed by atoms with Crippen molar-refractivity contribution in [2.45, 2.75) is 18.8 Å². The molecule has 82 valence electrons. The van der Waals surface area contributed by atoms with Crippen LogP contribution in [0.3, 0.4) is 0 Å². The van der Waals surface area contributed by atoms with Crippen molar-refractivity contribution in [2.24, 2.45) is 5.92 Å². The summed E-state index contributed by atoms with van der Waals surface area (Å²) in [5.41, 5.74) is 1.45. The van der Waals surface area contributed by atoms with Crippen molar-refractivity contribution < 1.29 is 4.39 Å². The van der Waals surface area contributed by atoms with Crippen LogP contribution >= 0.6 is 0 Å². The predicted molar refractivity (Wildman–Crippen MR) is 60.8 cm³/mol. The van der Waals surface area contributed by atoms with E-state index in [0.717, 1.165) is 24.9 Å². The summed E-state index contributed by atoms with van der Waals surface area (Å²) in [6, 6.07) is 10.7. The summed E-state index contributed by atoms with van der Waals surface area (Å²) in [6.07, 6.45) is 1.93. The number of halogens is 1. The van der Waals surface area contributed by atoms with Crippen LogP contribution in [0.5, 0.6) is 0 Å². The molecule has 1 fully saturated rings. The van der Waals surface area contributed by atoms with Crippen LogP contribution in [-0.4, -0.2) is 19.8 Å². The van der Waals surface area contributed by atoms with Crippen LogP contribution in [0.15, 0.2) is 30.3 Å². The van der Waals surface area contributed by atoms with E-state index < -0.39 is 0 Å². The minimum atomic E-state index is -0.209. The Labute approximate surface area is 90.7 Å². The Kier molecular flexibility index (Phi) is 3.73. The highest BCUT2D eigenvalue weighted by molar-refractivity contribution is 5.25. The zero-order chi connectivity index (χ0) is 10.5. The molecule has 0 aliphatic heterocycles. The molecule has 2 heteroatoms. The van der Waals surface area contributed by atoms with Gasteiger partial charge in [0.15, 0.2) is 0 Å². The summed E-state index contributed by atoms with van der Waals surface area (Å²) in [5, 5.41) is 3.31. The first kappa shape index (κ1) is 10.6. The molecular weight excluding hydrogens is 189 g/mol. The van der Waals surface area contributed by atoms with Crippen LogP contribution < -0.4 is 5.32 Å². The Morgan fingerprint density at radius 3 is 2.80 bits per heavy atom. The molecule has 0 spiro atoms. The van der Waals surface area contributed by atoms with Crippen LogP contribution in [0.2, 0.25) is 0 Å². The molecule has 1 saturated carbocycles. The molecule has 0 bridgehead atoms. The maximum absolute atomic E-state index is 11.8. The summed E-state index contributed by atoms with van der Waals surface area (Å²) in [5.74, 6) is 1.51. The van der Waals surface area contributed by atoms with Crippen molar-refractivity contribution in [3.05, 3.63) is 35.9 Å². The molecule has 0 saturated heterocycles. The molecule has 1 aliphatic rings. The number of hydrogen-bond donors (Lipinski definition) is 1. The van der Waals surface area contributed by atoms with E-state index in [9.17, 15) is 4.39 Å². The number of alkyl halides is 1. The van der Waals surface area contributed by atoms with E-state index in [4.69, 9.17) is 0 Å². The molecule has 2 rings (SSSR count). The van der Waals surface area contributed by atoms with Crippen molar-refractivity contribution in [1.82, 2.24) is 5.32 Å². The normalized spacial score (nSPS) is 24.1. The Hall–Kier alpha value is -0.890. The monoisotopic (exact) mass is 207 g/mol. The van der Waals surface area contributed by atoms with Crippen molar-refractivity contribution in [3.63, 3.8) is 0 Å². The molecule has 2 atom stereocenters. The lowest BCUT2D eigenvalue weighted by molar-refractivity contribution is 0.456. The first-order valence-electron chi connectivity index (χ1n) is 5.73. The largest absolute Gasteiger partial charge is 0.316 e. The molecule has 0 amide bonds. The molecule has 1 nitrogen and oxygen atoms in total. The Morgan fingerprint density at radius 2 is 2.07 bits per heavy atom. The van der Waals surface area contributed by atoms with E-state index >= 15 is 0 Å². The minimum Gasteiger partial charge on any atom is -0.316 e. The van der Waals surface area contributed by atoms with Gasteiger partial charge >= 0.3 is 0 Å². The average molecular weight is 207 g/mol. The SMILES string of the molecule is FCCCNCC1CC1c1ccccc1. The maximum Gasteiger partial charge on any atom is 0.0906 e. The maximum atomic E-state index is 11.8. The smallest absolute Gasteiger partial charge is 0.0906 e. The second-order valence-corrected chi connectivity index (χ2v) is 4.26. The van der Waals surface area contributed by atoms with E-state index in [1.165, 1.54) is 12.0 Å². The lowest BCUT2D eigenvalue weighted by Gasteiger charge is -2.02. The van der Waals surface area contributed by atoms with Crippen LogP contribution in [0.4, 0.5) is 4.39 Å². The molecule has 1 N–H and O–H groups in total. The molecule has 0 aromatic heterocycles. The molecule has 15 heavy (non-hydrogen) atoms. The zero-order valence-electron chi connectivity index (χ0n) is 8.95. The van der Waals surface area contributed by atoms with Gasteiger partial charge in [-0.2, -0.15) is 0 Å². The third-order valence-corrected chi connectivity index (χ3v) is 3.04. The van der Waals surface area contributed by atoms with Gasteiger partial charge in [-0.05, 0) is 43.3 Å². The van der Waals surface area contributed by atoms with Crippen molar-refractivity contribution in [1.29, 1.82) is 0 Å². The Balaban J connectivity index is 1.68. The first-order chi connectivity index (χ1) is 7.42. The quantitative estimate of drug-likeness (QED) is 0.707. The highest BCUT2D eigenvalue weighted by Crippen LogP contribution is 2.46. The Bertz CT molecular complexity index is 286. The summed E-state index contributed by atoms with van der Waals surface area (Å²) in [6.45, 7) is 1.65. The lowest BCUT2D eigenvalue weighted by Crippen LogP contribution is -2.19. The second kappa shape index (κ2) is 5.26. The zero-order valence-corrected chi connectivity index (χ0v) is 8.95. The van der Waals surface area contributed by atoms with Crippen LogP contribution in [0.25, 0.3) is 0 Å². The third-order valence-electron chi connectivity index (χ3n) is 3.04. The fraction of sp³-hybridized carbons (Fsp3) is 0.538. The van der Waals surface area contributed by atoms with E-state index in [-0.39, 0.29) is 6.67 Å². The first-order valence-corrected chi connectivity index (χ1v) is 5.73. The topological polar surface area (TPSA) is 12.0 Å². The molecule has 2 unspecified atom stereocenters. The van der Waals surface area contributed by atoms with Gasteiger partial charge in [-0.15, -0.1) is 0 Å². The van der Waals surface area contributed by atoms with Gasteiger partial charge in [-0.25, -0.2) is 0 Å². The summed E-state index contributed by atoms with van der Waals surface area (Å²) in [7, 11) is 0. The molecule has 0 heterocycles. The second-order valence-electron chi connectivity index (χ2n) is 4.26. The van der Waals surface area contributed by atoms with Gasteiger partial charge < -0.3 is 5.32 Å². The lowest BCUT2D eigenvalue weighted by atomic mass is 10.1. The van der Waals surface area contributed by atoms with Gasteiger partial charge in [-0.1, -0.05) is 30.3 Å². The fourth-order valence-electron chi connectivity index (χ4n) is 2.06. The number of hydrogen-bond acceptors (Lipinski definition) is 1. The van der Waals surface area contributed by atoms with E-state index in [2.05, 4.69) is 35.6 Å². The van der Waals surface area contributed by atoms with Gasteiger partial charge in [-0.3, -0.25) is 4.39 Å². The molecule has 0 radical (unpaired) electrons. The van der Waals surface area contributed by atoms with Crippen molar-refractivity contribution >= 4 is 0 Å². The summed E-state index contributed by atoms with van der Waals surface area (Å²) < 4.78 is 11.8. The van der Waals surface area contributed by atoms with Gasteiger partial charge in [0, 0.05) is 0 Å². The highest BCUT2D eigenvalue weighted by Gasteiger charge is 2.37. The van der Waals surface area contributed by atoms with Crippen LogP contribution in [-0.2, 0) is 0 Å². The van der Waals surface area contributed by atoms with Gasteiger partial charge in [0.2, 0.25) is 0 Å². The Morgan fingerprint density at radius 1 is 1.27 bits per heavy atom. The van der Waals surface area contributed by atoms with Gasteiger partial charge in [0.05, 0.1) is 6.67 Å². The van der Waals surface area contributed by atoms with Crippen LogP contribution in [0.1, 0.15) is 24.3 Å². The van der Waals surface area contributed by atoms with Crippen LogP contribution in [0, 0.1) is 5.92 Å². The number of rotatable bonds is 6. The minimum absolute atomic E-state index is 0.209. The average Bonchev–Trinajstić information content (AvgIpc) is 3.05. The number of benzene rings is 1. The molecule has 1 aliphatic carbocycles. The van der Waals surface area contributed by atoms with Crippen molar-refractivity contribution in [2.75, 3.05) is 19.8 Å². The third kappa shape index (κ3) is 3.03. The molecular formula is C13H18FN. The molecule has 1 aromatic rings. The predicted octanol–water partition coefficient (Wildman–Crippen LogP) is 2.74. The van der Waals surface area contributed by atoms with E-state index in [0.29, 0.717) is 6.42 Å². The van der Waals surface area contributed by atoms with Gasteiger partial charge in [0.25, 0.3) is 0 Å². The fourth-order valence-corrected chi connectivity index (χ4v) is 2.06. The summed E-state index contributed by atoms with van der Waals surface area (Å²) >= 11 is 0. The van der Waals surface area contributed by atoms with Crippen molar-refractivity contribution in [3.8, 4) is 0 Å². The highest BCUT2D eigenvalue weighted by atomic mass is 19.1.